The highest BCUT2D eigenvalue weighted by molar-refractivity contribution is 6.31. The number of nitrogens with one attached hydrogen (secondary N) is 1. The fraction of sp³-hybridized carbons (Fsp3) is 0.231. The molecule has 1 amide bonds. The Morgan fingerprint density at radius 2 is 2.22 bits per heavy atom. The van der Waals surface area contributed by atoms with Crippen molar-refractivity contribution < 1.29 is 4.79 Å². The Balaban J connectivity index is 2.18. The molecular formula is C13H14ClN3O. The molecule has 0 aliphatic carbocycles. The molecule has 0 spiro atoms. The highest BCUT2D eigenvalue weighted by Gasteiger charge is 2.20. The number of piperidine rings is 1. The van der Waals surface area contributed by atoms with Crippen molar-refractivity contribution in [3.8, 4) is 0 Å². The van der Waals surface area contributed by atoms with E-state index < -0.39 is 0 Å². The van der Waals surface area contributed by atoms with Crippen molar-refractivity contribution in [2.45, 2.75) is 13.0 Å². The van der Waals surface area contributed by atoms with Crippen LogP contribution in [-0.2, 0) is 11.3 Å². The normalized spacial score (nSPS) is 20.2. The summed E-state index contributed by atoms with van der Waals surface area (Å²) in [6, 6.07) is 7.53. The molecule has 18 heavy (non-hydrogen) atoms. The number of benzene rings is 1. The first-order chi connectivity index (χ1) is 8.72. The minimum absolute atomic E-state index is 0.165. The van der Waals surface area contributed by atoms with Gasteiger partial charge in [-0.15, -0.1) is 0 Å². The maximum atomic E-state index is 11.5. The third-order valence-electron chi connectivity index (χ3n) is 2.77. The third kappa shape index (κ3) is 2.71. The minimum Gasteiger partial charge on any atom is -0.404 e. The van der Waals surface area contributed by atoms with Crippen LogP contribution in [0.15, 0.2) is 41.0 Å². The van der Waals surface area contributed by atoms with Gasteiger partial charge in [0.25, 0.3) is 5.91 Å². The zero-order valence-corrected chi connectivity index (χ0v) is 10.6. The summed E-state index contributed by atoms with van der Waals surface area (Å²) in [5, 5.41) is 3.41. The molecule has 0 bridgehead atoms. The van der Waals surface area contributed by atoms with Crippen molar-refractivity contribution in [3.63, 3.8) is 0 Å². The van der Waals surface area contributed by atoms with E-state index in [0.29, 0.717) is 30.1 Å². The summed E-state index contributed by atoms with van der Waals surface area (Å²) in [5.41, 5.74) is 7.58. The van der Waals surface area contributed by atoms with E-state index in [-0.39, 0.29) is 5.91 Å². The number of carbonyl (C=O) groups excluding carboxylic acids is 1. The number of nitrogens with two attached hydrogens (primary N) is 1. The van der Waals surface area contributed by atoms with Crippen molar-refractivity contribution in [2.24, 2.45) is 10.7 Å². The Morgan fingerprint density at radius 1 is 1.44 bits per heavy atom. The van der Waals surface area contributed by atoms with Gasteiger partial charge in [0.2, 0.25) is 0 Å². The summed E-state index contributed by atoms with van der Waals surface area (Å²) in [6.45, 7) is 1.05. The Bertz CT molecular complexity index is 523. The second kappa shape index (κ2) is 5.69. The second-order valence-electron chi connectivity index (χ2n) is 3.94. The first-order valence-electron chi connectivity index (χ1n) is 5.69. The van der Waals surface area contributed by atoms with Gasteiger partial charge in [-0.1, -0.05) is 29.8 Å². The third-order valence-corrected chi connectivity index (χ3v) is 3.14. The Hall–Kier alpha value is -1.81. The predicted molar refractivity (Wildman–Crippen MR) is 72.5 cm³/mol. The van der Waals surface area contributed by atoms with Crippen molar-refractivity contribution in [3.05, 3.63) is 46.6 Å². The van der Waals surface area contributed by atoms with E-state index in [0.717, 1.165) is 11.3 Å². The van der Waals surface area contributed by atoms with Gasteiger partial charge < -0.3 is 11.1 Å². The summed E-state index contributed by atoms with van der Waals surface area (Å²) < 4.78 is 0. The van der Waals surface area contributed by atoms with Crippen LogP contribution in [-0.4, -0.2) is 18.2 Å². The molecule has 0 saturated carbocycles. The quantitative estimate of drug-likeness (QED) is 0.797. The van der Waals surface area contributed by atoms with E-state index in [4.69, 9.17) is 17.3 Å². The smallest absolute Gasteiger partial charge is 0.254 e. The molecule has 0 aromatic heterocycles. The van der Waals surface area contributed by atoms with Crippen LogP contribution in [0.25, 0.3) is 0 Å². The molecule has 94 valence electrons. The van der Waals surface area contributed by atoms with Gasteiger partial charge in [-0.3, -0.25) is 9.79 Å². The van der Waals surface area contributed by atoms with Crippen LogP contribution in [0.2, 0.25) is 5.02 Å². The minimum atomic E-state index is -0.165. The molecule has 2 rings (SSSR count). The average Bonchev–Trinajstić information content (AvgIpc) is 2.38. The lowest BCUT2D eigenvalue weighted by molar-refractivity contribution is -0.117. The lowest BCUT2D eigenvalue weighted by Crippen LogP contribution is -2.37. The molecule has 0 unspecified atom stereocenters. The zero-order chi connectivity index (χ0) is 13.0. The van der Waals surface area contributed by atoms with Gasteiger partial charge in [-0.25, -0.2) is 0 Å². The molecule has 5 heteroatoms. The van der Waals surface area contributed by atoms with Crippen LogP contribution in [0.1, 0.15) is 12.0 Å². The van der Waals surface area contributed by atoms with Crippen molar-refractivity contribution in [1.82, 2.24) is 5.32 Å². The lowest BCUT2D eigenvalue weighted by Gasteiger charge is -2.17. The maximum absolute atomic E-state index is 11.5. The zero-order valence-electron chi connectivity index (χ0n) is 9.82. The molecule has 0 radical (unpaired) electrons. The highest BCUT2D eigenvalue weighted by Crippen LogP contribution is 2.17. The monoisotopic (exact) mass is 263 g/mol. The van der Waals surface area contributed by atoms with Crippen LogP contribution >= 0.6 is 11.6 Å². The van der Waals surface area contributed by atoms with Gasteiger partial charge in [0.05, 0.1) is 17.8 Å². The first kappa shape index (κ1) is 12.6. The Morgan fingerprint density at radius 3 is 2.94 bits per heavy atom. The molecule has 1 aromatic carbocycles. The molecule has 1 aliphatic rings. The number of hydrogen-bond donors (Lipinski definition) is 2. The summed E-state index contributed by atoms with van der Waals surface area (Å²) in [4.78, 5) is 16.0. The molecule has 1 heterocycles. The lowest BCUT2D eigenvalue weighted by atomic mass is 10.0. The molecule has 1 fully saturated rings. The van der Waals surface area contributed by atoms with Crippen LogP contribution in [0.5, 0.6) is 0 Å². The Kier molecular flexibility index (Phi) is 3.99. The van der Waals surface area contributed by atoms with Gasteiger partial charge in [-0.2, -0.15) is 0 Å². The predicted octanol–water partition coefficient (Wildman–Crippen LogP) is 1.64. The topological polar surface area (TPSA) is 67.5 Å². The van der Waals surface area contributed by atoms with E-state index >= 15 is 0 Å². The molecule has 3 N–H and O–H groups in total. The second-order valence-corrected chi connectivity index (χ2v) is 4.35. The summed E-state index contributed by atoms with van der Waals surface area (Å²) in [5.74, 6) is -0.165. The maximum Gasteiger partial charge on any atom is 0.254 e. The molecule has 0 atom stereocenters. The van der Waals surface area contributed by atoms with Crippen molar-refractivity contribution in [1.29, 1.82) is 0 Å². The van der Waals surface area contributed by atoms with Crippen LogP contribution < -0.4 is 11.1 Å². The van der Waals surface area contributed by atoms with Crippen molar-refractivity contribution >= 4 is 23.2 Å². The van der Waals surface area contributed by atoms with Gasteiger partial charge in [-0.05, 0) is 11.6 Å². The summed E-state index contributed by atoms with van der Waals surface area (Å²) in [6.07, 6.45) is 2.00. The van der Waals surface area contributed by atoms with Gasteiger partial charge >= 0.3 is 0 Å². The number of amides is 1. The van der Waals surface area contributed by atoms with Gasteiger partial charge in [0.1, 0.15) is 0 Å². The molecule has 1 aromatic rings. The summed E-state index contributed by atoms with van der Waals surface area (Å²) >= 11 is 6.05. The van der Waals surface area contributed by atoms with Crippen LogP contribution in [0.4, 0.5) is 0 Å². The van der Waals surface area contributed by atoms with E-state index in [1.54, 1.807) is 0 Å². The number of halogens is 1. The fourth-order valence-electron chi connectivity index (χ4n) is 1.80. The number of rotatable bonds is 2. The van der Waals surface area contributed by atoms with Gasteiger partial charge in [0, 0.05) is 24.2 Å². The molecule has 1 aliphatic heterocycles. The molecular weight excluding hydrogens is 250 g/mol. The van der Waals surface area contributed by atoms with E-state index in [9.17, 15) is 4.79 Å². The van der Waals surface area contributed by atoms with E-state index in [1.807, 2.05) is 24.3 Å². The first-order valence-corrected chi connectivity index (χ1v) is 6.07. The van der Waals surface area contributed by atoms with Crippen molar-refractivity contribution in [2.75, 3.05) is 6.54 Å². The van der Waals surface area contributed by atoms with E-state index in [2.05, 4.69) is 10.3 Å². The van der Waals surface area contributed by atoms with E-state index in [1.165, 1.54) is 6.20 Å². The largest absolute Gasteiger partial charge is 0.404 e. The average molecular weight is 264 g/mol. The highest BCUT2D eigenvalue weighted by atomic mass is 35.5. The molecule has 1 saturated heterocycles. The van der Waals surface area contributed by atoms with Crippen LogP contribution in [0.3, 0.4) is 0 Å². The number of nitrogens with zero attached hydrogens (tertiary/aromatic N) is 1. The Labute approximate surface area is 111 Å². The van der Waals surface area contributed by atoms with Gasteiger partial charge in [0.15, 0.2) is 0 Å². The number of aliphatic imine (C=N–C) groups is 1. The van der Waals surface area contributed by atoms with Crippen LogP contribution in [0, 0.1) is 0 Å². The molecule has 4 nitrogen and oxygen atoms in total. The summed E-state index contributed by atoms with van der Waals surface area (Å²) in [7, 11) is 0. The standard InChI is InChI=1S/C13H14ClN3O/c14-11-4-2-1-3-9(11)8-17-12-5-6-16-13(18)10(12)7-15/h1-4,7H,5-6,8,15H2,(H,16,18)/b10-7+,17-12?. The number of hydrogen-bond acceptors (Lipinski definition) is 3. The SMILES string of the molecule is N/C=C1/C(=O)NCCC1=NCc1ccccc1Cl. The fourth-order valence-corrected chi connectivity index (χ4v) is 1.99. The number of carbonyl (C=O) groups is 1.